The molecule has 3 aromatic rings. The highest BCUT2D eigenvalue weighted by Gasteiger charge is 2.25. The fraction of sp³-hybridized carbons (Fsp3) is 0.391. The van der Waals surface area contributed by atoms with Crippen LogP contribution in [0.3, 0.4) is 0 Å². The van der Waals surface area contributed by atoms with E-state index in [9.17, 15) is 13.2 Å². The van der Waals surface area contributed by atoms with Gasteiger partial charge in [-0.3, -0.25) is 4.79 Å². The Hall–Kier alpha value is -2.42. The minimum Gasteiger partial charge on any atom is -0.372 e. The fourth-order valence-corrected chi connectivity index (χ4v) is 5.34. The van der Waals surface area contributed by atoms with Crippen LogP contribution in [-0.2, 0) is 26.0 Å². The number of nitrogens with one attached hydrogen (secondary N) is 1. The Labute approximate surface area is 192 Å². The van der Waals surface area contributed by atoms with Crippen LogP contribution in [0.15, 0.2) is 47.5 Å². The van der Waals surface area contributed by atoms with Crippen LogP contribution in [0.25, 0.3) is 10.8 Å². The normalized spacial score (nSPS) is 15.4. The summed E-state index contributed by atoms with van der Waals surface area (Å²) in [4.78, 5) is 21.9. The summed E-state index contributed by atoms with van der Waals surface area (Å²) in [6.45, 7) is 3.47. The first-order chi connectivity index (χ1) is 15.3. The monoisotopic (exact) mass is 475 g/mol. The first-order valence-electron chi connectivity index (χ1n) is 10.6. The van der Waals surface area contributed by atoms with E-state index in [4.69, 9.17) is 16.3 Å². The molecule has 1 aliphatic heterocycles. The van der Waals surface area contributed by atoms with Gasteiger partial charge < -0.3 is 14.6 Å². The van der Waals surface area contributed by atoms with Crippen molar-refractivity contribution in [3.05, 3.63) is 59.1 Å². The molecule has 9 heteroatoms. The molecular weight excluding hydrogens is 450 g/mol. The molecule has 0 atom stereocenters. The molecule has 170 valence electrons. The highest BCUT2D eigenvalue weighted by molar-refractivity contribution is 7.91. The first kappa shape index (κ1) is 22.8. The Bertz CT molecular complexity index is 1220. The lowest BCUT2D eigenvalue weighted by molar-refractivity contribution is -0.133. The van der Waals surface area contributed by atoms with Crippen molar-refractivity contribution in [3.63, 3.8) is 0 Å². The number of likely N-dealkylation sites (tertiary alicyclic amines) is 1. The number of rotatable bonds is 7. The second-order valence-electron chi connectivity index (χ2n) is 8.09. The summed E-state index contributed by atoms with van der Waals surface area (Å²) < 4.78 is 31.5. The molecule has 0 bridgehead atoms. The lowest BCUT2D eigenvalue weighted by Crippen LogP contribution is -2.41. The van der Waals surface area contributed by atoms with Crippen molar-refractivity contribution in [3.8, 4) is 0 Å². The van der Waals surface area contributed by atoms with E-state index in [1.165, 1.54) is 0 Å². The van der Waals surface area contributed by atoms with E-state index in [1.54, 1.807) is 41.3 Å². The van der Waals surface area contributed by atoms with Crippen LogP contribution in [0.5, 0.6) is 0 Å². The summed E-state index contributed by atoms with van der Waals surface area (Å²) >= 11 is 5.99. The zero-order valence-corrected chi connectivity index (χ0v) is 19.5. The van der Waals surface area contributed by atoms with Crippen LogP contribution in [-0.4, -0.2) is 54.1 Å². The number of fused-ring (bicyclic) bond motifs is 1. The number of carbonyl (C=O) groups is 1. The van der Waals surface area contributed by atoms with E-state index < -0.39 is 9.84 Å². The Morgan fingerprint density at radius 1 is 1.19 bits per heavy atom. The second-order valence-corrected chi connectivity index (χ2v) is 10.6. The minimum atomic E-state index is -3.56. The Balaban J connectivity index is 1.27. The highest BCUT2D eigenvalue weighted by Crippen LogP contribution is 2.24. The van der Waals surface area contributed by atoms with Crippen LogP contribution in [0.2, 0.25) is 5.02 Å². The van der Waals surface area contributed by atoms with E-state index in [0.717, 1.165) is 35.1 Å². The number of benzene rings is 2. The molecule has 32 heavy (non-hydrogen) atoms. The van der Waals surface area contributed by atoms with E-state index in [1.807, 2.05) is 13.1 Å². The Kier molecular flexibility index (Phi) is 6.83. The number of piperidine rings is 1. The van der Waals surface area contributed by atoms with Crippen molar-refractivity contribution in [2.24, 2.45) is 0 Å². The van der Waals surface area contributed by atoms with Crippen LogP contribution >= 0.6 is 11.6 Å². The first-order valence-corrected chi connectivity index (χ1v) is 12.7. The molecule has 0 aliphatic carbocycles. The summed E-state index contributed by atoms with van der Waals surface area (Å²) in [5, 5.41) is 2.28. The van der Waals surface area contributed by atoms with E-state index in [-0.39, 0.29) is 29.1 Å². The van der Waals surface area contributed by atoms with Crippen LogP contribution < -0.4 is 0 Å². The molecule has 7 nitrogen and oxygen atoms in total. The number of hydrogen-bond donors (Lipinski definition) is 1. The van der Waals surface area contributed by atoms with Crippen molar-refractivity contribution in [1.82, 2.24) is 14.9 Å². The van der Waals surface area contributed by atoms with Gasteiger partial charge in [-0.25, -0.2) is 13.4 Å². The second kappa shape index (κ2) is 9.60. The molecule has 0 unspecified atom stereocenters. The number of carbonyl (C=O) groups excluding carboxylic acids is 1. The number of nitrogens with zero attached hydrogens (tertiary/aromatic N) is 2. The zero-order valence-electron chi connectivity index (χ0n) is 17.9. The molecule has 1 fully saturated rings. The van der Waals surface area contributed by atoms with Crippen molar-refractivity contribution in [2.75, 3.05) is 18.8 Å². The topological polar surface area (TPSA) is 92.4 Å². The van der Waals surface area contributed by atoms with Gasteiger partial charge in [-0.15, -0.1) is 0 Å². The van der Waals surface area contributed by atoms with Gasteiger partial charge in [0.2, 0.25) is 5.91 Å². The molecule has 0 spiro atoms. The summed E-state index contributed by atoms with van der Waals surface area (Å²) in [5.74, 6) is 0.509. The van der Waals surface area contributed by atoms with Crippen LogP contribution in [0.1, 0.15) is 30.8 Å². The molecular formula is C23H26ClN3O4S. The molecule has 1 N–H and O–H groups in total. The maximum atomic E-state index is 12.8. The average molecular weight is 476 g/mol. The third-order valence-electron chi connectivity index (χ3n) is 5.74. The number of aromatic amines is 1. The number of sulfone groups is 1. The lowest BCUT2D eigenvalue weighted by Gasteiger charge is -2.32. The SMILES string of the molecule is Cc1nc(COC2CCN(C(=O)CCS(=O)(=O)c3ccc4cc(Cl)ccc4c3)CC2)c[nH]1. The quantitative estimate of drug-likeness (QED) is 0.559. The van der Waals surface area contributed by atoms with E-state index in [2.05, 4.69) is 9.97 Å². The number of halogens is 1. The number of imidazole rings is 1. The van der Waals surface area contributed by atoms with Gasteiger partial charge in [-0.05, 0) is 54.8 Å². The minimum absolute atomic E-state index is 0.0287. The third-order valence-corrected chi connectivity index (χ3v) is 7.69. The molecule has 0 saturated carbocycles. The number of hydrogen-bond acceptors (Lipinski definition) is 5. The predicted molar refractivity (Wildman–Crippen MR) is 123 cm³/mol. The number of ether oxygens (including phenoxy) is 1. The molecule has 1 aliphatic rings. The van der Waals surface area contributed by atoms with Crippen LogP contribution in [0, 0.1) is 6.92 Å². The molecule has 0 radical (unpaired) electrons. The predicted octanol–water partition coefficient (Wildman–Crippen LogP) is 3.90. The van der Waals surface area contributed by atoms with Crippen molar-refractivity contribution in [1.29, 1.82) is 0 Å². The number of aryl methyl sites for hydroxylation is 1. The number of amides is 1. The van der Waals surface area contributed by atoms with Gasteiger partial charge in [0.15, 0.2) is 9.84 Å². The zero-order chi connectivity index (χ0) is 22.7. The maximum Gasteiger partial charge on any atom is 0.223 e. The largest absolute Gasteiger partial charge is 0.372 e. The Morgan fingerprint density at radius 3 is 2.62 bits per heavy atom. The maximum absolute atomic E-state index is 12.8. The smallest absolute Gasteiger partial charge is 0.223 e. The van der Waals surface area contributed by atoms with Crippen molar-refractivity contribution < 1.29 is 17.9 Å². The lowest BCUT2D eigenvalue weighted by atomic mass is 10.1. The molecule has 1 aromatic heterocycles. The van der Waals surface area contributed by atoms with Gasteiger partial charge >= 0.3 is 0 Å². The number of aromatic nitrogens is 2. The fourth-order valence-electron chi connectivity index (χ4n) is 3.90. The van der Waals surface area contributed by atoms with Gasteiger partial charge in [0, 0.05) is 30.7 Å². The van der Waals surface area contributed by atoms with E-state index >= 15 is 0 Å². The summed E-state index contributed by atoms with van der Waals surface area (Å²) in [5.41, 5.74) is 0.864. The van der Waals surface area contributed by atoms with Gasteiger partial charge in [-0.1, -0.05) is 23.7 Å². The van der Waals surface area contributed by atoms with Crippen LogP contribution in [0.4, 0.5) is 0 Å². The van der Waals surface area contributed by atoms with Gasteiger partial charge in [0.25, 0.3) is 0 Å². The molecule has 4 rings (SSSR count). The molecule has 1 saturated heterocycles. The van der Waals surface area contributed by atoms with Crippen molar-refractivity contribution >= 4 is 38.1 Å². The Morgan fingerprint density at radius 2 is 1.91 bits per heavy atom. The van der Waals surface area contributed by atoms with E-state index in [0.29, 0.717) is 24.7 Å². The molecule has 2 aromatic carbocycles. The average Bonchev–Trinajstić information content (AvgIpc) is 3.21. The molecule has 2 heterocycles. The van der Waals surface area contributed by atoms with Crippen molar-refractivity contribution in [2.45, 2.75) is 43.8 Å². The van der Waals surface area contributed by atoms with Gasteiger partial charge in [-0.2, -0.15) is 0 Å². The summed E-state index contributed by atoms with van der Waals surface area (Å²) in [7, 11) is -3.56. The standard InChI is InChI=1S/C23H26ClN3O4S/c1-16-25-14-20(26-16)15-31-21-6-9-27(10-7-21)23(28)8-11-32(29,30)22-5-3-17-12-19(24)4-2-18(17)13-22/h2-5,12-14,21H,6-11,15H2,1H3,(H,25,26). The third kappa shape index (κ3) is 5.49. The van der Waals surface area contributed by atoms with Gasteiger partial charge in [0.05, 0.1) is 29.1 Å². The summed E-state index contributed by atoms with van der Waals surface area (Å²) in [6.07, 6.45) is 3.34. The summed E-state index contributed by atoms with van der Waals surface area (Å²) in [6, 6.07) is 10.3. The molecule has 1 amide bonds. The highest BCUT2D eigenvalue weighted by atomic mass is 35.5. The number of H-pyrrole nitrogens is 1. The van der Waals surface area contributed by atoms with Gasteiger partial charge in [0.1, 0.15) is 5.82 Å².